The highest BCUT2D eigenvalue weighted by Gasteiger charge is 2.52. The Hall–Kier alpha value is -1.68. The number of aliphatic hydroxyl groups excluding tert-OH is 2. The van der Waals surface area contributed by atoms with Crippen LogP contribution in [-0.2, 0) is 9.59 Å². The first-order valence-corrected chi connectivity index (χ1v) is 11.9. The first kappa shape index (κ1) is 25.0. The molecule has 0 aliphatic heterocycles. The lowest BCUT2D eigenvalue weighted by Crippen LogP contribution is -2.51. The quantitative estimate of drug-likeness (QED) is 0.584. The van der Waals surface area contributed by atoms with E-state index >= 15 is 0 Å². The highest BCUT2D eigenvalue weighted by molar-refractivity contribution is 9.10. The van der Waals surface area contributed by atoms with Gasteiger partial charge in [0.1, 0.15) is 23.9 Å². The van der Waals surface area contributed by atoms with Crippen molar-refractivity contribution >= 4 is 27.5 Å². The predicted molar refractivity (Wildman–Crippen MR) is 126 cm³/mol. The van der Waals surface area contributed by atoms with E-state index in [1.165, 1.54) is 0 Å². The number of halogens is 1. The van der Waals surface area contributed by atoms with E-state index in [0.29, 0.717) is 37.0 Å². The van der Waals surface area contributed by atoms with Crippen LogP contribution in [0.25, 0.3) is 0 Å². The Bertz CT molecular complexity index is 887. The number of terminal acetylenes is 1. The van der Waals surface area contributed by atoms with E-state index in [9.17, 15) is 19.8 Å². The van der Waals surface area contributed by atoms with Gasteiger partial charge in [0.05, 0.1) is 24.0 Å². The normalized spacial score (nSPS) is 29.6. The lowest BCUT2D eigenvalue weighted by Gasteiger charge is -2.46. The van der Waals surface area contributed by atoms with Gasteiger partial charge in [0.15, 0.2) is 0 Å². The van der Waals surface area contributed by atoms with E-state index in [4.69, 9.17) is 11.2 Å². The zero-order valence-electron chi connectivity index (χ0n) is 19.2. The molecule has 2 N–H and O–H groups in total. The Labute approximate surface area is 199 Å². The maximum absolute atomic E-state index is 13.4. The summed E-state index contributed by atoms with van der Waals surface area (Å²) in [5, 5.41) is 22.3. The summed E-state index contributed by atoms with van der Waals surface area (Å²) in [4.78, 5) is 26.8. The maximum Gasteiger partial charge on any atom is 0.148 e. The van der Waals surface area contributed by atoms with Crippen LogP contribution >= 0.6 is 15.9 Å². The lowest BCUT2D eigenvalue weighted by molar-refractivity contribution is -0.144. The van der Waals surface area contributed by atoms with Gasteiger partial charge in [-0.1, -0.05) is 49.5 Å². The molecule has 2 aliphatic rings. The molecule has 0 unspecified atom stereocenters. The summed E-state index contributed by atoms with van der Waals surface area (Å²) in [7, 11) is 0. The first-order valence-electron chi connectivity index (χ1n) is 11.1. The largest absolute Gasteiger partial charge is 0.481 e. The molecule has 2 fully saturated rings. The molecule has 0 aromatic heterocycles. The Morgan fingerprint density at radius 2 is 1.56 bits per heavy atom. The zero-order valence-corrected chi connectivity index (χ0v) is 20.8. The molecule has 0 heterocycles. The van der Waals surface area contributed by atoms with Crippen molar-refractivity contribution in [2.75, 3.05) is 6.61 Å². The number of rotatable bonds is 5. The van der Waals surface area contributed by atoms with Crippen molar-refractivity contribution < 1.29 is 24.5 Å². The minimum atomic E-state index is -0.925. The summed E-state index contributed by atoms with van der Waals surface area (Å²) in [5.74, 6) is 0.397. The third-order valence-electron chi connectivity index (χ3n) is 6.82. The molecule has 1 aromatic rings. The molecule has 5 nitrogen and oxygen atoms in total. The van der Waals surface area contributed by atoms with Crippen molar-refractivity contribution in [3.8, 4) is 18.1 Å². The van der Waals surface area contributed by atoms with Crippen molar-refractivity contribution in [3.63, 3.8) is 0 Å². The topological polar surface area (TPSA) is 83.8 Å². The monoisotopic (exact) mass is 504 g/mol. The Balaban J connectivity index is 2.16. The first-order chi connectivity index (χ1) is 14.8. The van der Waals surface area contributed by atoms with E-state index in [2.05, 4.69) is 21.9 Å². The van der Waals surface area contributed by atoms with Crippen LogP contribution in [0.5, 0.6) is 5.75 Å². The van der Waals surface area contributed by atoms with Gasteiger partial charge in [-0.2, -0.15) is 0 Å². The van der Waals surface area contributed by atoms with Crippen molar-refractivity contribution in [2.24, 2.45) is 22.7 Å². The molecule has 0 bridgehead atoms. The highest BCUT2D eigenvalue weighted by Crippen LogP contribution is 2.51. The van der Waals surface area contributed by atoms with Gasteiger partial charge in [0.2, 0.25) is 0 Å². The van der Waals surface area contributed by atoms with Gasteiger partial charge in [-0.05, 0) is 41.9 Å². The molecule has 2 saturated carbocycles. The van der Waals surface area contributed by atoms with Crippen molar-refractivity contribution in [1.29, 1.82) is 0 Å². The second kappa shape index (κ2) is 9.29. The maximum atomic E-state index is 13.4. The minimum Gasteiger partial charge on any atom is -0.481 e. The Morgan fingerprint density at radius 1 is 1.06 bits per heavy atom. The average molecular weight is 505 g/mol. The molecule has 3 rings (SSSR count). The molecule has 0 radical (unpaired) electrons. The van der Waals surface area contributed by atoms with Crippen molar-refractivity contribution in [2.45, 2.75) is 71.5 Å². The molecule has 4 atom stereocenters. The van der Waals surface area contributed by atoms with Gasteiger partial charge < -0.3 is 14.9 Å². The van der Waals surface area contributed by atoms with Crippen LogP contribution in [0.2, 0.25) is 0 Å². The number of hydrogen-bond donors (Lipinski definition) is 2. The number of ether oxygens (including phenoxy) is 1. The number of hydrogen-bond acceptors (Lipinski definition) is 5. The second-order valence-electron chi connectivity index (χ2n) is 10.9. The second-order valence-corrected chi connectivity index (χ2v) is 11.8. The molecule has 1 aromatic carbocycles. The molecule has 6 heteroatoms. The fourth-order valence-corrected chi connectivity index (χ4v) is 6.04. The van der Waals surface area contributed by atoms with E-state index in [1.54, 1.807) is 12.1 Å². The van der Waals surface area contributed by atoms with E-state index in [-0.39, 0.29) is 29.0 Å². The minimum absolute atomic E-state index is 0.0315. The Morgan fingerprint density at radius 3 is 2.00 bits per heavy atom. The standard InChI is InChI=1S/C26H33BrO5/c1-6-9-32-21-8-7-15(27)10-16(21)22(23-17(28)11-25(2,3)12-18(23)29)24-19(30)13-26(4,5)14-20(24)31/h1,7-8,10,17,19,22-24,28,30H,9,11-14H2,2-5H3/t17-,19-,23-,24-/m0/s1. The number of Topliss-reactive ketones (excluding diaryl/α,β-unsaturated/α-hetero) is 2. The molecule has 32 heavy (non-hydrogen) atoms. The average Bonchev–Trinajstić information content (AvgIpc) is 2.62. The van der Waals surface area contributed by atoms with Crippen LogP contribution in [0.4, 0.5) is 0 Å². The third kappa shape index (κ3) is 5.27. The van der Waals surface area contributed by atoms with Gasteiger partial charge in [-0.15, -0.1) is 6.42 Å². The van der Waals surface area contributed by atoms with Crippen LogP contribution in [0.15, 0.2) is 22.7 Å². The van der Waals surface area contributed by atoms with Crippen molar-refractivity contribution in [3.05, 3.63) is 28.2 Å². The fourth-order valence-electron chi connectivity index (χ4n) is 5.66. The molecule has 0 saturated heterocycles. The van der Waals surface area contributed by atoms with Crippen molar-refractivity contribution in [1.82, 2.24) is 0 Å². The molecule has 0 amide bonds. The molecular formula is C26H33BrO5. The van der Waals surface area contributed by atoms with Crippen LogP contribution in [0.3, 0.4) is 0 Å². The van der Waals surface area contributed by atoms with Gasteiger partial charge in [0, 0.05) is 28.8 Å². The van der Waals surface area contributed by atoms with Gasteiger partial charge in [-0.3, -0.25) is 9.59 Å². The van der Waals surface area contributed by atoms with Crippen LogP contribution in [0.1, 0.15) is 64.9 Å². The molecule has 2 aliphatic carbocycles. The number of ketones is 2. The highest BCUT2D eigenvalue weighted by atomic mass is 79.9. The van der Waals surface area contributed by atoms with E-state index < -0.39 is 30.0 Å². The SMILES string of the molecule is C#CCOc1ccc(Br)cc1C([C@@H]1C(=O)CC(C)(C)C[C@@H]1O)[C@@H]1C(=O)CC(C)(C)C[C@@H]1O. The molecule has 0 spiro atoms. The zero-order chi connectivity index (χ0) is 23.8. The van der Waals surface area contributed by atoms with Gasteiger partial charge in [-0.25, -0.2) is 0 Å². The molecule has 174 valence electrons. The summed E-state index contributed by atoms with van der Waals surface area (Å²) in [6.07, 6.45) is 5.04. The van der Waals surface area contributed by atoms with Crippen LogP contribution < -0.4 is 4.74 Å². The van der Waals surface area contributed by atoms with E-state index in [1.807, 2.05) is 33.8 Å². The lowest BCUT2D eigenvalue weighted by atomic mass is 9.58. The smallest absolute Gasteiger partial charge is 0.148 e. The van der Waals surface area contributed by atoms with Crippen LogP contribution in [0, 0.1) is 35.0 Å². The Kier molecular flexibility index (Phi) is 7.24. The fraction of sp³-hybridized carbons (Fsp3) is 0.615. The van der Waals surface area contributed by atoms with Gasteiger partial charge >= 0.3 is 0 Å². The number of aliphatic hydroxyl groups is 2. The molecular weight excluding hydrogens is 472 g/mol. The number of carbonyl (C=O) groups is 2. The summed E-state index contributed by atoms with van der Waals surface area (Å²) in [6.45, 7) is 7.88. The predicted octanol–water partition coefficient (Wildman–Crippen LogP) is 4.28. The number of benzene rings is 1. The van der Waals surface area contributed by atoms with Crippen LogP contribution in [-0.4, -0.2) is 40.6 Å². The summed E-state index contributed by atoms with van der Waals surface area (Å²) < 4.78 is 6.54. The summed E-state index contributed by atoms with van der Waals surface area (Å²) in [6, 6.07) is 5.36. The van der Waals surface area contributed by atoms with Gasteiger partial charge in [0.25, 0.3) is 0 Å². The van der Waals surface area contributed by atoms with E-state index in [0.717, 1.165) is 4.47 Å². The third-order valence-corrected chi connectivity index (χ3v) is 7.31. The summed E-state index contributed by atoms with van der Waals surface area (Å²) in [5.41, 5.74) is -0.0345. The summed E-state index contributed by atoms with van der Waals surface area (Å²) >= 11 is 3.49. The number of carbonyl (C=O) groups excluding carboxylic acids is 2.